The van der Waals surface area contributed by atoms with Crippen LogP contribution in [0.1, 0.15) is 16.7 Å². The topological polar surface area (TPSA) is 23.8 Å². The zero-order valence-electron chi connectivity index (χ0n) is 10.8. The van der Waals surface area contributed by atoms with Crippen LogP contribution in [0.2, 0.25) is 0 Å². The van der Waals surface area contributed by atoms with E-state index >= 15 is 0 Å². The van der Waals surface area contributed by atoms with E-state index in [0.717, 1.165) is 11.1 Å². The fraction of sp³-hybridized carbons (Fsp3) is 0. The zero-order valence-corrected chi connectivity index (χ0v) is 10.8. The summed E-state index contributed by atoms with van der Waals surface area (Å²) in [6, 6.07) is 19.2. The highest BCUT2D eigenvalue weighted by atomic mass is 14.2. The summed E-state index contributed by atoms with van der Waals surface area (Å²) < 4.78 is 0. The molecule has 0 heterocycles. The highest BCUT2D eigenvalue weighted by Gasteiger charge is 1.94. The van der Waals surface area contributed by atoms with E-state index in [1.807, 2.05) is 48.5 Å². The molecule has 1 heteroatoms. The van der Waals surface area contributed by atoms with E-state index in [1.54, 1.807) is 18.2 Å². The van der Waals surface area contributed by atoms with Crippen molar-refractivity contribution in [3.05, 3.63) is 83.4 Å². The standard InChI is InChI=1S/C19H11N/c20-16-19-15-9-8-14-18(19)13-7-2-1-4-10-17-11-5-3-6-12-17/h1-3,5-6,8-9,11-12,14-15H/b2-1-. The van der Waals surface area contributed by atoms with Crippen LogP contribution in [0.25, 0.3) is 0 Å². The summed E-state index contributed by atoms with van der Waals surface area (Å²) in [6.45, 7) is 0. The van der Waals surface area contributed by atoms with E-state index in [-0.39, 0.29) is 0 Å². The molecule has 2 aromatic carbocycles. The van der Waals surface area contributed by atoms with E-state index in [0.29, 0.717) is 5.56 Å². The third kappa shape index (κ3) is 3.92. The summed E-state index contributed by atoms with van der Waals surface area (Å²) >= 11 is 0. The average molecular weight is 253 g/mol. The van der Waals surface area contributed by atoms with E-state index in [1.165, 1.54) is 0 Å². The number of nitrogens with zero attached hydrogens (tertiary/aromatic N) is 1. The van der Waals surface area contributed by atoms with Gasteiger partial charge in [-0.25, -0.2) is 0 Å². The van der Waals surface area contributed by atoms with Gasteiger partial charge in [0.1, 0.15) is 6.07 Å². The van der Waals surface area contributed by atoms with Gasteiger partial charge in [-0.05, 0) is 36.4 Å². The smallest absolute Gasteiger partial charge is 0.100 e. The van der Waals surface area contributed by atoms with E-state index in [9.17, 15) is 0 Å². The molecule has 0 saturated heterocycles. The molecule has 0 bridgehead atoms. The van der Waals surface area contributed by atoms with Crippen LogP contribution in [0.15, 0.2) is 66.7 Å². The SMILES string of the molecule is N#Cc1ccccc1C#C/C=C\C#Cc1ccccc1. The summed E-state index contributed by atoms with van der Waals surface area (Å²) in [6.07, 6.45) is 3.39. The molecule has 2 aromatic rings. The van der Waals surface area contributed by atoms with Crippen molar-refractivity contribution in [2.45, 2.75) is 0 Å². The van der Waals surface area contributed by atoms with Gasteiger partial charge in [-0.1, -0.05) is 54.0 Å². The quantitative estimate of drug-likeness (QED) is 0.659. The number of hydrogen-bond acceptors (Lipinski definition) is 1. The van der Waals surface area contributed by atoms with Crippen molar-refractivity contribution in [1.82, 2.24) is 0 Å². The highest BCUT2D eigenvalue weighted by Crippen LogP contribution is 2.04. The number of rotatable bonds is 0. The summed E-state index contributed by atoms with van der Waals surface area (Å²) in [5.74, 6) is 11.7. The Morgan fingerprint density at radius 1 is 0.700 bits per heavy atom. The molecule has 0 aromatic heterocycles. The van der Waals surface area contributed by atoms with Gasteiger partial charge in [0.15, 0.2) is 0 Å². The first-order valence-corrected chi connectivity index (χ1v) is 6.12. The Hall–Kier alpha value is -3.21. The lowest BCUT2D eigenvalue weighted by molar-refractivity contribution is 1.47. The van der Waals surface area contributed by atoms with Crippen molar-refractivity contribution in [2.24, 2.45) is 0 Å². The molecule has 0 N–H and O–H groups in total. The molecule has 2 rings (SSSR count). The Balaban J connectivity index is 2.04. The Labute approximate surface area is 119 Å². The lowest BCUT2D eigenvalue weighted by atomic mass is 10.1. The lowest BCUT2D eigenvalue weighted by Gasteiger charge is -1.91. The molecule has 0 aliphatic carbocycles. The fourth-order valence-electron chi connectivity index (χ4n) is 1.54. The summed E-state index contributed by atoms with van der Waals surface area (Å²) in [4.78, 5) is 0. The van der Waals surface area contributed by atoms with Gasteiger partial charge in [0.25, 0.3) is 0 Å². The molecular formula is C19H11N. The van der Waals surface area contributed by atoms with Crippen LogP contribution in [0.5, 0.6) is 0 Å². The number of hydrogen-bond donors (Lipinski definition) is 0. The largest absolute Gasteiger partial charge is 0.192 e. The van der Waals surface area contributed by atoms with Gasteiger partial charge in [0.05, 0.1) is 5.56 Å². The van der Waals surface area contributed by atoms with E-state index < -0.39 is 0 Å². The summed E-state index contributed by atoms with van der Waals surface area (Å²) in [7, 11) is 0. The van der Waals surface area contributed by atoms with Crippen molar-refractivity contribution in [3.8, 4) is 29.8 Å². The molecule has 20 heavy (non-hydrogen) atoms. The van der Waals surface area contributed by atoms with Gasteiger partial charge in [-0.3, -0.25) is 0 Å². The second kappa shape index (κ2) is 7.27. The van der Waals surface area contributed by atoms with Crippen LogP contribution < -0.4 is 0 Å². The van der Waals surface area contributed by atoms with Gasteiger partial charge in [-0.15, -0.1) is 0 Å². The summed E-state index contributed by atoms with van der Waals surface area (Å²) in [5.41, 5.74) is 2.29. The van der Waals surface area contributed by atoms with E-state index in [4.69, 9.17) is 5.26 Å². The molecule has 0 radical (unpaired) electrons. The lowest BCUT2D eigenvalue weighted by Crippen LogP contribution is -1.80. The van der Waals surface area contributed by atoms with Crippen molar-refractivity contribution in [3.63, 3.8) is 0 Å². The third-order valence-corrected chi connectivity index (χ3v) is 2.49. The van der Waals surface area contributed by atoms with Gasteiger partial charge in [0.2, 0.25) is 0 Å². The first-order valence-electron chi connectivity index (χ1n) is 6.12. The van der Waals surface area contributed by atoms with Crippen LogP contribution >= 0.6 is 0 Å². The molecule has 0 aliphatic heterocycles. The molecule has 0 saturated carbocycles. The molecule has 0 atom stereocenters. The Morgan fingerprint density at radius 2 is 1.30 bits per heavy atom. The minimum atomic E-state index is 0.587. The fourth-order valence-corrected chi connectivity index (χ4v) is 1.54. The average Bonchev–Trinajstić information content (AvgIpc) is 2.52. The minimum absolute atomic E-state index is 0.587. The van der Waals surface area contributed by atoms with Crippen molar-refractivity contribution in [1.29, 1.82) is 5.26 Å². The maximum absolute atomic E-state index is 8.93. The number of nitriles is 1. The summed E-state index contributed by atoms with van der Waals surface area (Å²) in [5, 5.41) is 8.93. The second-order valence-electron chi connectivity index (χ2n) is 3.90. The zero-order chi connectivity index (χ0) is 14.0. The minimum Gasteiger partial charge on any atom is -0.192 e. The molecule has 0 amide bonds. The Morgan fingerprint density at radius 3 is 2.00 bits per heavy atom. The first kappa shape index (κ1) is 13.2. The predicted molar refractivity (Wildman–Crippen MR) is 80.5 cm³/mol. The van der Waals surface area contributed by atoms with Gasteiger partial charge in [0, 0.05) is 11.1 Å². The molecule has 1 nitrogen and oxygen atoms in total. The molecule has 0 aliphatic rings. The molecule has 92 valence electrons. The monoisotopic (exact) mass is 253 g/mol. The van der Waals surface area contributed by atoms with Crippen LogP contribution in [0.3, 0.4) is 0 Å². The highest BCUT2D eigenvalue weighted by molar-refractivity contribution is 5.49. The number of benzene rings is 2. The predicted octanol–water partition coefficient (Wildman–Crippen LogP) is 3.52. The normalized spacial score (nSPS) is 8.95. The molecule has 0 fully saturated rings. The maximum Gasteiger partial charge on any atom is 0.100 e. The number of allylic oxidation sites excluding steroid dienone is 2. The van der Waals surface area contributed by atoms with Gasteiger partial charge >= 0.3 is 0 Å². The third-order valence-electron chi connectivity index (χ3n) is 2.49. The van der Waals surface area contributed by atoms with Crippen molar-refractivity contribution >= 4 is 0 Å². The van der Waals surface area contributed by atoms with Gasteiger partial charge < -0.3 is 0 Å². The maximum atomic E-state index is 8.93. The Bertz CT molecular complexity index is 769. The Kier molecular flexibility index (Phi) is 4.81. The second-order valence-corrected chi connectivity index (χ2v) is 3.90. The van der Waals surface area contributed by atoms with Crippen molar-refractivity contribution < 1.29 is 0 Å². The molecule has 0 unspecified atom stereocenters. The van der Waals surface area contributed by atoms with Crippen LogP contribution in [-0.2, 0) is 0 Å². The van der Waals surface area contributed by atoms with Gasteiger partial charge in [-0.2, -0.15) is 5.26 Å². The van der Waals surface area contributed by atoms with Crippen molar-refractivity contribution in [2.75, 3.05) is 0 Å². The molecular weight excluding hydrogens is 242 g/mol. The first-order chi connectivity index (χ1) is 9.90. The van der Waals surface area contributed by atoms with Crippen LogP contribution in [0.4, 0.5) is 0 Å². The van der Waals surface area contributed by atoms with Crippen LogP contribution in [-0.4, -0.2) is 0 Å². The van der Waals surface area contributed by atoms with Crippen LogP contribution in [0, 0.1) is 35.0 Å². The molecule has 0 spiro atoms. The van der Waals surface area contributed by atoms with E-state index in [2.05, 4.69) is 29.8 Å².